The molecule has 2 N–H and O–H groups in total. The fourth-order valence-electron chi connectivity index (χ4n) is 6.16. The van der Waals surface area contributed by atoms with Crippen molar-refractivity contribution in [1.29, 1.82) is 0 Å². The lowest BCUT2D eigenvalue weighted by atomic mass is 9.77. The van der Waals surface area contributed by atoms with E-state index in [1.807, 2.05) is 34.1 Å². The van der Waals surface area contributed by atoms with E-state index in [2.05, 4.69) is 22.5 Å². The maximum Gasteiger partial charge on any atom is 0.319 e. The lowest BCUT2D eigenvalue weighted by molar-refractivity contribution is -0.139. The van der Waals surface area contributed by atoms with Gasteiger partial charge in [-0.3, -0.25) is 19.8 Å². The lowest BCUT2D eigenvalue weighted by Gasteiger charge is -2.45. The van der Waals surface area contributed by atoms with Crippen LogP contribution in [-0.4, -0.2) is 84.9 Å². The van der Waals surface area contributed by atoms with Crippen molar-refractivity contribution in [3.8, 4) is 0 Å². The zero-order valence-corrected chi connectivity index (χ0v) is 21.5. The summed E-state index contributed by atoms with van der Waals surface area (Å²) < 4.78 is 0.984. The molecule has 4 heterocycles. The molecule has 5 rings (SSSR count). The molecule has 1 unspecified atom stereocenters. The predicted octanol–water partition coefficient (Wildman–Crippen LogP) is 3.59. The van der Waals surface area contributed by atoms with Crippen molar-refractivity contribution >= 4 is 44.3 Å². The summed E-state index contributed by atoms with van der Waals surface area (Å²) in [7, 11) is 1.57. The number of hydrogen-bond acceptors (Lipinski definition) is 5. The third-order valence-electron chi connectivity index (χ3n) is 8.12. The molecule has 1 spiro atoms. The molecular weight excluding hydrogens is 462 g/mol. The molecule has 1 atom stereocenters. The van der Waals surface area contributed by atoms with Crippen LogP contribution in [0.15, 0.2) is 24.3 Å². The van der Waals surface area contributed by atoms with Crippen LogP contribution < -0.4 is 10.6 Å². The lowest BCUT2D eigenvalue weighted by Crippen LogP contribution is -2.54. The topological polar surface area (TPSA) is 85.0 Å². The molecule has 188 valence electrons. The minimum absolute atomic E-state index is 0.0213. The van der Waals surface area contributed by atoms with Gasteiger partial charge < -0.3 is 15.1 Å². The van der Waals surface area contributed by atoms with Crippen LogP contribution in [0.1, 0.15) is 49.4 Å². The number of likely N-dealkylation sites (tertiary alicyclic amines) is 3. The van der Waals surface area contributed by atoms with Gasteiger partial charge in [0.15, 0.2) is 0 Å². The monoisotopic (exact) mass is 497 g/mol. The smallest absolute Gasteiger partial charge is 0.319 e. The highest BCUT2D eigenvalue weighted by molar-refractivity contribution is 7.23. The van der Waals surface area contributed by atoms with Crippen LogP contribution in [0.25, 0.3) is 10.1 Å². The number of rotatable bonds is 4. The zero-order chi connectivity index (χ0) is 24.6. The molecule has 8 nitrogen and oxygen atoms in total. The predicted molar refractivity (Wildman–Crippen MR) is 139 cm³/mol. The van der Waals surface area contributed by atoms with E-state index < -0.39 is 0 Å². The molecule has 1 aromatic carbocycles. The Morgan fingerprint density at radius 1 is 1.11 bits per heavy atom. The second-order valence-corrected chi connectivity index (χ2v) is 11.1. The summed E-state index contributed by atoms with van der Waals surface area (Å²) in [5.74, 6) is 0.324. The van der Waals surface area contributed by atoms with Gasteiger partial charge >= 0.3 is 6.03 Å². The van der Waals surface area contributed by atoms with Crippen LogP contribution in [0, 0.1) is 5.41 Å². The van der Waals surface area contributed by atoms with Gasteiger partial charge in [-0.25, -0.2) is 4.79 Å². The standard InChI is InChI=1S/C26H35N5O3S/c1-3-29-16-12-26(24(29)33)11-6-13-31(17-26)18-9-14-30(15-10-18)23(32)21-19-7-4-5-8-20(19)35-22(21)28-25(34)27-2/h4-5,7-8,18H,3,6,9-17H2,1-2H3,(H2,27,28,34). The average molecular weight is 498 g/mol. The number of carbonyl (C=O) groups is 3. The molecule has 3 fully saturated rings. The second kappa shape index (κ2) is 9.78. The van der Waals surface area contributed by atoms with Gasteiger partial charge in [-0.1, -0.05) is 18.2 Å². The Balaban J connectivity index is 1.28. The number of benzene rings is 1. The number of urea groups is 1. The van der Waals surface area contributed by atoms with Gasteiger partial charge in [0.1, 0.15) is 5.00 Å². The summed E-state index contributed by atoms with van der Waals surface area (Å²) in [4.78, 5) is 45.2. The van der Waals surface area contributed by atoms with E-state index in [-0.39, 0.29) is 17.4 Å². The molecule has 3 aliphatic rings. The van der Waals surface area contributed by atoms with Crippen molar-refractivity contribution < 1.29 is 14.4 Å². The van der Waals surface area contributed by atoms with Crippen molar-refractivity contribution in [2.45, 2.75) is 45.1 Å². The first-order valence-corrected chi connectivity index (χ1v) is 13.6. The Morgan fingerprint density at radius 3 is 2.60 bits per heavy atom. The molecule has 3 aliphatic heterocycles. The SMILES string of the molecule is CCN1CCC2(CCCN(C3CCN(C(=O)c4c(NC(=O)NC)sc5ccccc45)CC3)C2)C1=O. The van der Waals surface area contributed by atoms with Crippen molar-refractivity contribution in [1.82, 2.24) is 20.0 Å². The van der Waals surface area contributed by atoms with Crippen molar-refractivity contribution in [3.63, 3.8) is 0 Å². The van der Waals surface area contributed by atoms with Gasteiger partial charge in [0.2, 0.25) is 5.91 Å². The van der Waals surface area contributed by atoms with Crippen molar-refractivity contribution in [3.05, 3.63) is 29.8 Å². The van der Waals surface area contributed by atoms with Crippen LogP contribution in [0.5, 0.6) is 0 Å². The van der Waals surface area contributed by atoms with Gasteiger partial charge in [-0.05, 0) is 51.6 Å². The fourth-order valence-corrected chi connectivity index (χ4v) is 7.25. The van der Waals surface area contributed by atoms with E-state index in [4.69, 9.17) is 0 Å². The molecule has 0 saturated carbocycles. The van der Waals surface area contributed by atoms with Crippen LogP contribution >= 0.6 is 11.3 Å². The molecule has 0 bridgehead atoms. The molecule has 35 heavy (non-hydrogen) atoms. The number of thiophene rings is 1. The Kier molecular flexibility index (Phi) is 6.72. The van der Waals surface area contributed by atoms with E-state index in [9.17, 15) is 14.4 Å². The van der Waals surface area contributed by atoms with Crippen LogP contribution in [0.4, 0.5) is 9.80 Å². The molecule has 2 aromatic rings. The highest BCUT2D eigenvalue weighted by Gasteiger charge is 2.49. The fraction of sp³-hybridized carbons (Fsp3) is 0.577. The summed E-state index contributed by atoms with van der Waals surface area (Å²) in [6.45, 7) is 7.02. The molecule has 4 amide bonds. The number of nitrogens with one attached hydrogen (secondary N) is 2. The van der Waals surface area contributed by atoms with E-state index in [0.717, 1.165) is 68.4 Å². The van der Waals surface area contributed by atoms with Gasteiger partial charge in [-0.15, -0.1) is 11.3 Å². The first-order valence-electron chi connectivity index (χ1n) is 12.8. The minimum Gasteiger partial charge on any atom is -0.342 e. The third kappa shape index (κ3) is 4.40. The normalized spacial score (nSPS) is 23.9. The summed E-state index contributed by atoms with van der Waals surface area (Å²) in [6, 6.07) is 7.88. The number of anilines is 1. The van der Waals surface area contributed by atoms with Crippen molar-refractivity contribution in [2.75, 3.05) is 51.6 Å². The highest BCUT2D eigenvalue weighted by Crippen LogP contribution is 2.42. The summed E-state index contributed by atoms with van der Waals surface area (Å²) in [6.07, 6.45) is 4.86. The van der Waals surface area contributed by atoms with E-state index >= 15 is 0 Å². The second-order valence-electron chi connectivity index (χ2n) is 10.0. The Bertz CT molecular complexity index is 1130. The average Bonchev–Trinajstić information content (AvgIpc) is 3.40. The number of piperidine rings is 2. The van der Waals surface area contributed by atoms with Crippen LogP contribution in [0.3, 0.4) is 0 Å². The summed E-state index contributed by atoms with van der Waals surface area (Å²) in [5.41, 5.74) is 0.387. The number of hydrogen-bond donors (Lipinski definition) is 2. The Hall–Kier alpha value is -2.65. The van der Waals surface area contributed by atoms with Gasteiger partial charge in [0.25, 0.3) is 5.91 Å². The molecule has 0 radical (unpaired) electrons. The van der Waals surface area contributed by atoms with Gasteiger partial charge in [0.05, 0.1) is 11.0 Å². The number of fused-ring (bicyclic) bond motifs is 1. The van der Waals surface area contributed by atoms with Crippen LogP contribution in [-0.2, 0) is 4.79 Å². The maximum absolute atomic E-state index is 13.7. The largest absolute Gasteiger partial charge is 0.342 e. The Labute approximate surface area is 210 Å². The number of amides is 4. The quantitative estimate of drug-likeness (QED) is 0.676. The van der Waals surface area contributed by atoms with Crippen LogP contribution in [0.2, 0.25) is 0 Å². The molecular formula is C26H35N5O3S. The first kappa shape index (κ1) is 24.1. The molecule has 1 aromatic heterocycles. The first-order chi connectivity index (χ1) is 17.0. The zero-order valence-electron chi connectivity index (χ0n) is 20.6. The highest BCUT2D eigenvalue weighted by atomic mass is 32.1. The maximum atomic E-state index is 13.7. The number of carbonyl (C=O) groups excluding carboxylic acids is 3. The molecule has 0 aliphatic carbocycles. The van der Waals surface area contributed by atoms with Crippen molar-refractivity contribution in [2.24, 2.45) is 5.41 Å². The van der Waals surface area contributed by atoms with Gasteiger partial charge in [-0.2, -0.15) is 0 Å². The van der Waals surface area contributed by atoms with E-state index in [0.29, 0.717) is 35.6 Å². The Morgan fingerprint density at radius 2 is 1.89 bits per heavy atom. The molecule has 3 saturated heterocycles. The van der Waals surface area contributed by atoms with Gasteiger partial charge in [0, 0.05) is 55.9 Å². The minimum atomic E-state index is -0.327. The summed E-state index contributed by atoms with van der Waals surface area (Å²) >= 11 is 1.43. The third-order valence-corrected chi connectivity index (χ3v) is 9.21. The number of nitrogens with zero attached hydrogens (tertiary/aromatic N) is 3. The van der Waals surface area contributed by atoms with E-state index in [1.165, 1.54) is 11.3 Å². The summed E-state index contributed by atoms with van der Waals surface area (Å²) in [5, 5.41) is 6.90. The molecule has 9 heteroatoms. The van der Waals surface area contributed by atoms with E-state index in [1.54, 1.807) is 7.05 Å².